The van der Waals surface area contributed by atoms with Crippen LogP contribution in [0.3, 0.4) is 0 Å². The molecule has 1 fully saturated rings. The number of rotatable bonds is 7. The third-order valence-corrected chi connectivity index (χ3v) is 3.73. The van der Waals surface area contributed by atoms with Crippen molar-refractivity contribution in [2.24, 2.45) is 0 Å². The highest BCUT2D eigenvalue weighted by molar-refractivity contribution is 5.25. The molecule has 0 aromatic heterocycles. The standard InChI is InChI=1S/C16H24O/c1-3-4-11-15-16(17-15)12-7-10-14-9-6-5-8-13(14)2/h5-6,8-9,15-16H,3-4,7,10-12H2,1-2H3. The lowest BCUT2D eigenvalue weighted by Crippen LogP contribution is -1.96. The van der Waals surface area contributed by atoms with Crippen molar-refractivity contribution in [3.8, 4) is 0 Å². The molecule has 1 heteroatoms. The first-order chi connectivity index (χ1) is 8.31. The number of ether oxygens (including phenoxy) is 1. The summed E-state index contributed by atoms with van der Waals surface area (Å²) in [6.45, 7) is 4.45. The predicted molar refractivity (Wildman–Crippen MR) is 72.3 cm³/mol. The van der Waals surface area contributed by atoms with Gasteiger partial charge >= 0.3 is 0 Å². The fourth-order valence-corrected chi connectivity index (χ4v) is 2.48. The van der Waals surface area contributed by atoms with Crippen molar-refractivity contribution in [2.45, 2.75) is 64.6 Å². The predicted octanol–water partition coefficient (Wildman–Crippen LogP) is 4.28. The summed E-state index contributed by atoms with van der Waals surface area (Å²) in [7, 11) is 0. The van der Waals surface area contributed by atoms with Crippen LogP contribution in [0.5, 0.6) is 0 Å². The average Bonchev–Trinajstić information content (AvgIpc) is 3.08. The minimum Gasteiger partial charge on any atom is -0.370 e. The van der Waals surface area contributed by atoms with Gasteiger partial charge < -0.3 is 4.74 Å². The van der Waals surface area contributed by atoms with Gasteiger partial charge in [0.15, 0.2) is 0 Å². The molecule has 1 aliphatic rings. The van der Waals surface area contributed by atoms with Gasteiger partial charge in [-0.25, -0.2) is 0 Å². The lowest BCUT2D eigenvalue weighted by atomic mass is 10.0. The average molecular weight is 232 g/mol. The van der Waals surface area contributed by atoms with Crippen molar-refractivity contribution < 1.29 is 4.74 Å². The van der Waals surface area contributed by atoms with Gasteiger partial charge in [0.2, 0.25) is 0 Å². The summed E-state index contributed by atoms with van der Waals surface area (Å²) in [5.74, 6) is 0. The number of benzene rings is 1. The Hall–Kier alpha value is -0.820. The van der Waals surface area contributed by atoms with Crippen molar-refractivity contribution in [1.82, 2.24) is 0 Å². The summed E-state index contributed by atoms with van der Waals surface area (Å²) >= 11 is 0. The van der Waals surface area contributed by atoms with Crippen LogP contribution in [0.2, 0.25) is 0 Å². The van der Waals surface area contributed by atoms with Crippen molar-refractivity contribution in [3.05, 3.63) is 35.4 Å². The largest absolute Gasteiger partial charge is 0.370 e. The molecule has 1 heterocycles. The Balaban J connectivity index is 1.63. The van der Waals surface area contributed by atoms with E-state index >= 15 is 0 Å². The molecule has 2 rings (SSSR count). The van der Waals surface area contributed by atoms with E-state index in [-0.39, 0.29) is 0 Å². The Morgan fingerprint density at radius 1 is 1.06 bits per heavy atom. The molecule has 0 amide bonds. The van der Waals surface area contributed by atoms with Crippen LogP contribution in [0.25, 0.3) is 0 Å². The van der Waals surface area contributed by atoms with E-state index in [0.29, 0.717) is 12.2 Å². The lowest BCUT2D eigenvalue weighted by Gasteiger charge is -2.04. The smallest absolute Gasteiger partial charge is 0.0842 e. The molecule has 0 N–H and O–H groups in total. The third kappa shape index (κ3) is 3.85. The van der Waals surface area contributed by atoms with Gasteiger partial charge in [-0.1, -0.05) is 44.0 Å². The maximum atomic E-state index is 5.69. The SMILES string of the molecule is CCCCC1OC1CCCc1ccccc1C. The first kappa shape index (κ1) is 12.6. The zero-order valence-corrected chi connectivity index (χ0v) is 11.1. The quantitative estimate of drug-likeness (QED) is 0.639. The van der Waals surface area contributed by atoms with E-state index in [1.807, 2.05) is 0 Å². The molecule has 0 bridgehead atoms. The van der Waals surface area contributed by atoms with Gasteiger partial charge in [-0.05, 0) is 43.7 Å². The Bertz CT molecular complexity index is 345. The molecule has 0 saturated carbocycles. The van der Waals surface area contributed by atoms with E-state index in [9.17, 15) is 0 Å². The fourth-order valence-electron chi connectivity index (χ4n) is 2.48. The van der Waals surface area contributed by atoms with E-state index in [0.717, 1.165) is 0 Å². The van der Waals surface area contributed by atoms with Crippen LogP contribution in [0, 0.1) is 6.92 Å². The van der Waals surface area contributed by atoms with Gasteiger partial charge in [-0.3, -0.25) is 0 Å². The van der Waals surface area contributed by atoms with Crippen LogP contribution in [-0.2, 0) is 11.2 Å². The number of unbranched alkanes of at least 4 members (excludes halogenated alkanes) is 1. The summed E-state index contributed by atoms with van der Waals surface area (Å²) in [6.07, 6.45) is 8.74. The van der Waals surface area contributed by atoms with Gasteiger partial charge in [0.25, 0.3) is 0 Å². The second kappa shape index (κ2) is 6.20. The molecule has 1 aliphatic heterocycles. The van der Waals surface area contributed by atoms with E-state index in [4.69, 9.17) is 4.74 Å². The molecule has 0 radical (unpaired) electrons. The highest BCUT2D eigenvalue weighted by Gasteiger charge is 2.36. The van der Waals surface area contributed by atoms with Crippen molar-refractivity contribution >= 4 is 0 Å². The molecular formula is C16H24O. The molecule has 1 aromatic rings. The molecule has 2 atom stereocenters. The zero-order chi connectivity index (χ0) is 12.1. The summed E-state index contributed by atoms with van der Waals surface area (Å²) in [6, 6.07) is 8.70. The second-order valence-electron chi connectivity index (χ2n) is 5.17. The molecule has 1 saturated heterocycles. The van der Waals surface area contributed by atoms with Crippen LogP contribution in [0.1, 0.15) is 50.2 Å². The van der Waals surface area contributed by atoms with Crippen molar-refractivity contribution in [3.63, 3.8) is 0 Å². The minimum atomic E-state index is 0.575. The van der Waals surface area contributed by atoms with E-state index in [1.165, 1.54) is 49.7 Å². The zero-order valence-electron chi connectivity index (χ0n) is 11.1. The third-order valence-electron chi connectivity index (χ3n) is 3.73. The molecule has 1 aromatic carbocycles. The van der Waals surface area contributed by atoms with Crippen LogP contribution in [-0.4, -0.2) is 12.2 Å². The molecule has 1 nitrogen and oxygen atoms in total. The highest BCUT2D eigenvalue weighted by Crippen LogP contribution is 2.31. The fraction of sp³-hybridized carbons (Fsp3) is 0.625. The van der Waals surface area contributed by atoms with E-state index < -0.39 is 0 Å². The Morgan fingerprint density at radius 3 is 2.47 bits per heavy atom. The van der Waals surface area contributed by atoms with Gasteiger partial charge in [0.1, 0.15) is 0 Å². The molecule has 0 aliphatic carbocycles. The first-order valence-corrected chi connectivity index (χ1v) is 7.01. The number of hydrogen-bond acceptors (Lipinski definition) is 1. The summed E-state index contributed by atoms with van der Waals surface area (Å²) < 4.78 is 5.69. The Morgan fingerprint density at radius 2 is 1.76 bits per heavy atom. The summed E-state index contributed by atoms with van der Waals surface area (Å²) in [4.78, 5) is 0. The van der Waals surface area contributed by atoms with Gasteiger partial charge in [-0.2, -0.15) is 0 Å². The van der Waals surface area contributed by atoms with Gasteiger partial charge in [-0.15, -0.1) is 0 Å². The summed E-state index contributed by atoms with van der Waals surface area (Å²) in [5.41, 5.74) is 2.92. The highest BCUT2D eigenvalue weighted by atomic mass is 16.6. The Kier molecular flexibility index (Phi) is 4.61. The first-order valence-electron chi connectivity index (χ1n) is 7.01. The van der Waals surface area contributed by atoms with E-state index in [1.54, 1.807) is 0 Å². The number of aryl methyl sites for hydroxylation is 2. The monoisotopic (exact) mass is 232 g/mol. The van der Waals surface area contributed by atoms with Crippen LogP contribution >= 0.6 is 0 Å². The molecule has 94 valence electrons. The van der Waals surface area contributed by atoms with Crippen molar-refractivity contribution in [2.75, 3.05) is 0 Å². The number of epoxide rings is 1. The van der Waals surface area contributed by atoms with Crippen molar-refractivity contribution in [1.29, 1.82) is 0 Å². The second-order valence-corrected chi connectivity index (χ2v) is 5.17. The van der Waals surface area contributed by atoms with Gasteiger partial charge in [0.05, 0.1) is 12.2 Å². The normalized spacial score (nSPS) is 22.7. The maximum absolute atomic E-state index is 5.69. The lowest BCUT2D eigenvalue weighted by molar-refractivity contribution is 0.351. The van der Waals surface area contributed by atoms with Crippen LogP contribution < -0.4 is 0 Å². The van der Waals surface area contributed by atoms with E-state index in [2.05, 4.69) is 38.1 Å². The number of hydrogen-bond donors (Lipinski definition) is 0. The van der Waals surface area contributed by atoms with Gasteiger partial charge in [0, 0.05) is 0 Å². The van der Waals surface area contributed by atoms with Crippen LogP contribution in [0.4, 0.5) is 0 Å². The molecular weight excluding hydrogens is 208 g/mol. The van der Waals surface area contributed by atoms with Crippen LogP contribution in [0.15, 0.2) is 24.3 Å². The molecule has 2 unspecified atom stereocenters. The maximum Gasteiger partial charge on any atom is 0.0842 e. The minimum absolute atomic E-state index is 0.575. The molecule has 0 spiro atoms. The summed E-state index contributed by atoms with van der Waals surface area (Å²) in [5, 5.41) is 0. The topological polar surface area (TPSA) is 12.5 Å². The molecule has 17 heavy (non-hydrogen) atoms. The Labute approximate surface area is 105 Å².